The monoisotopic (exact) mass is 744 g/mol. The molecule has 5 heteroatoms. The lowest BCUT2D eigenvalue weighted by atomic mass is 10.0. The Morgan fingerprint density at radius 1 is 0.351 bits per heavy atom. The number of para-hydroxylation sites is 2. The molecule has 0 unspecified atom stereocenters. The molecule has 4 nitrogen and oxygen atoms in total. The van der Waals surface area contributed by atoms with Crippen LogP contribution in [0.2, 0.25) is 0 Å². The Balaban J connectivity index is 1.15. The first-order chi connectivity index (χ1) is 28.3. The van der Waals surface area contributed by atoms with Crippen LogP contribution in [0, 0.1) is 0 Å². The van der Waals surface area contributed by atoms with Crippen LogP contribution in [0.3, 0.4) is 0 Å². The molecular formula is C52H32N4S. The van der Waals surface area contributed by atoms with E-state index in [0.717, 1.165) is 50.4 Å². The van der Waals surface area contributed by atoms with Crippen LogP contribution < -0.4 is 0 Å². The maximum atomic E-state index is 5.36. The molecule has 0 bridgehead atoms. The van der Waals surface area contributed by atoms with Gasteiger partial charge in [0.25, 0.3) is 0 Å². The van der Waals surface area contributed by atoms with Crippen molar-refractivity contribution in [2.75, 3.05) is 0 Å². The predicted molar refractivity (Wildman–Crippen MR) is 240 cm³/mol. The molecule has 0 saturated carbocycles. The van der Waals surface area contributed by atoms with Crippen molar-refractivity contribution in [2.45, 2.75) is 0 Å². The lowest BCUT2D eigenvalue weighted by molar-refractivity contribution is 0.996. The van der Waals surface area contributed by atoms with Gasteiger partial charge in [-0.1, -0.05) is 140 Å². The van der Waals surface area contributed by atoms with Crippen LogP contribution >= 0.6 is 11.3 Å². The maximum absolute atomic E-state index is 5.36. The van der Waals surface area contributed by atoms with Crippen molar-refractivity contribution in [3.8, 4) is 45.3 Å². The van der Waals surface area contributed by atoms with Crippen molar-refractivity contribution < 1.29 is 0 Å². The average molecular weight is 745 g/mol. The van der Waals surface area contributed by atoms with Crippen molar-refractivity contribution in [3.63, 3.8) is 0 Å². The molecule has 8 aromatic carbocycles. The number of nitrogens with zero attached hydrogens (tertiary/aromatic N) is 4. The first-order valence-electron chi connectivity index (χ1n) is 19.2. The fraction of sp³-hybridized carbons (Fsp3) is 0. The Kier molecular flexibility index (Phi) is 7.06. The third-order valence-electron chi connectivity index (χ3n) is 11.3. The van der Waals surface area contributed by atoms with Crippen LogP contribution in [0.4, 0.5) is 0 Å². The minimum atomic E-state index is 0.647. The molecule has 266 valence electrons. The molecule has 4 heterocycles. The normalized spacial score (nSPS) is 11.9. The summed E-state index contributed by atoms with van der Waals surface area (Å²) < 4.78 is 7.22. The van der Waals surface area contributed by atoms with Crippen molar-refractivity contribution in [3.05, 3.63) is 194 Å². The van der Waals surface area contributed by atoms with Gasteiger partial charge in [0.2, 0.25) is 5.95 Å². The minimum absolute atomic E-state index is 0.647. The van der Waals surface area contributed by atoms with Gasteiger partial charge in [-0.3, -0.25) is 4.57 Å². The molecule has 0 fully saturated rings. The number of fused-ring (bicyclic) bond motifs is 10. The van der Waals surface area contributed by atoms with Crippen molar-refractivity contribution in [1.82, 2.24) is 19.1 Å². The molecule has 12 rings (SSSR count). The lowest BCUT2D eigenvalue weighted by Crippen LogP contribution is -2.04. The van der Waals surface area contributed by atoms with Gasteiger partial charge in [-0.2, -0.15) is 0 Å². The summed E-state index contributed by atoms with van der Waals surface area (Å²) in [6, 6.07) is 69.4. The number of benzene rings is 8. The van der Waals surface area contributed by atoms with Crippen LogP contribution in [-0.2, 0) is 0 Å². The van der Waals surface area contributed by atoms with Crippen molar-refractivity contribution in [2.24, 2.45) is 0 Å². The highest BCUT2D eigenvalue weighted by atomic mass is 32.1. The Morgan fingerprint density at radius 3 is 1.68 bits per heavy atom. The number of aromatic nitrogens is 4. The van der Waals surface area contributed by atoms with Gasteiger partial charge in [0.05, 0.1) is 33.5 Å². The van der Waals surface area contributed by atoms with Crippen LogP contribution in [0.15, 0.2) is 194 Å². The average Bonchev–Trinajstić information content (AvgIpc) is 3.94. The lowest BCUT2D eigenvalue weighted by Gasteiger charge is -2.12. The highest BCUT2D eigenvalue weighted by Gasteiger charge is 2.21. The molecule has 0 saturated heterocycles. The molecule has 0 aliphatic rings. The number of hydrogen-bond acceptors (Lipinski definition) is 3. The number of hydrogen-bond donors (Lipinski definition) is 0. The summed E-state index contributed by atoms with van der Waals surface area (Å²) in [4.78, 5) is 10.7. The third-order valence-corrected chi connectivity index (χ3v) is 12.6. The van der Waals surface area contributed by atoms with Crippen LogP contribution in [-0.4, -0.2) is 19.1 Å². The number of thiophene rings is 1. The SMILES string of the molecule is c1ccc(-c2cc(-c3ccccc3)nc(-n3c4cc(-c5ccc6c(c5)c5ccccc5n6-c5ccccc5)ccc4c4c5sc6ccccc6c5ccc43)n2)cc1. The van der Waals surface area contributed by atoms with Gasteiger partial charge in [0.1, 0.15) is 0 Å². The van der Waals surface area contributed by atoms with Gasteiger partial charge in [0, 0.05) is 58.5 Å². The second kappa shape index (κ2) is 12.6. The zero-order valence-corrected chi connectivity index (χ0v) is 31.5. The van der Waals surface area contributed by atoms with E-state index in [2.05, 4.69) is 191 Å². The highest BCUT2D eigenvalue weighted by Crippen LogP contribution is 2.44. The quantitative estimate of drug-likeness (QED) is 0.176. The minimum Gasteiger partial charge on any atom is -0.309 e. The highest BCUT2D eigenvalue weighted by molar-refractivity contribution is 7.26. The molecule has 0 spiro atoms. The number of rotatable bonds is 5. The summed E-state index contributed by atoms with van der Waals surface area (Å²) in [5.74, 6) is 0.647. The van der Waals surface area contributed by atoms with Gasteiger partial charge in [-0.05, 0) is 65.7 Å². The molecular weight excluding hydrogens is 713 g/mol. The Labute approximate surface area is 332 Å². The Hall–Kier alpha value is -7.34. The molecule has 0 amide bonds. The first-order valence-corrected chi connectivity index (χ1v) is 20.1. The molecule has 4 aromatic heterocycles. The van der Waals surface area contributed by atoms with E-state index in [1.54, 1.807) is 0 Å². The van der Waals surface area contributed by atoms with Gasteiger partial charge >= 0.3 is 0 Å². The van der Waals surface area contributed by atoms with Crippen LogP contribution in [0.1, 0.15) is 0 Å². The van der Waals surface area contributed by atoms with E-state index in [0.29, 0.717) is 5.95 Å². The van der Waals surface area contributed by atoms with E-state index in [-0.39, 0.29) is 0 Å². The molecule has 57 heavy (non-hydrogen) atoms. The Morgan fingerprint density at radius 2 is 0.930 bits per heavy atom. The van der Waals surface area contributed by atoms with Gasteiger partial charge in [0.15, 0.2) is 0 Å². The van der Waals surface area contributed by atoms with Crippen LogP contribution in [0.25, 0.3) is 109 Å². The molecule has 0 N–H and O–H groups in total. The van der Waals surface area contributed by atoms with Crippen molar-refractivity contribution in [1.29, 1.82) is 0 Å². The van der Waals surface area contributed by atoms with E-state index < -0.39 is 0 Å². The van der Waals surface area contributed by atoms with E-state index in [9.17, 15) is 0 Å². The Bertz CT molecular complexity index is 3450. The zero-order chi connectivity index (χ0) is 37.5. The zero-order valence-electron chi connectivity index (χ0n) is 30.7. The molecule has 0 aliphatic heterocycles. The van der Waals surface area contributed by atoms with Crippen LogP contribution in [0.5, 0.6) is 0 Å². The largest absolute Gasteiger partial charge is 0.309 e. The molecule has 0 aliphatic carbocycles. The van der Waals surface area contributed by atoms with E-state index >= 15 is 0 Å². The smallest absolute Gasteiger partial charge is 0.235 e. The van der Waals surface area contributed by atoms with E-state index in [4.69, 9.17) is 9.97 Å². The molecule has 0 radical (unpaired) electrons. The van der Waals surface area contributed by atoms with E-state index in [1.165, 1.54) is 52.8 Å². The van der Waals surface area contributed by atoms with Gasteiger partial charge in [-0.25, -0.2) is 9.97 Å². The maximum Gasteiger partial charge on any atom is 0.235 e. The topological polar surface area (TPSA) is 35.6 Å². The van der Waals surface area contributed by atoms with Gasteiger partial charge in [-0.15, -0.1) is 11.3 Å². The summed E-state index contributed by atoms with van der Waals surface area (Å²) in [5.41, 5.74) is 11.9. The second-order valence-corrected chi connectivity index (χ2v) is 15.6. The first kappa shape index (κ1) is 32.0. The predicted octanol–water partition coefficient (Wildman–Crippen LogP) is 14.0. The fourth-order valence-electron chi connectivity index (χ4n) is 8.73. The molecule has 0 atom stereocenters. The van der Waals surface area contributed by atoms with Gasteiger partial charge < -0.3 is 4.57 Å². The summed E-state index contributed by atoms with van der Waals surface area (Å²) >= 11 is 1.86. The summed E-state index contributed by atoms with van der Waals surface area (Å²) in [6.07, 6.45) is 0. The third kappa shape index (κ3) is 4.99. The van der Waals surface area contributed by atoms with E-state index in [1.807, 2.05) is 23.5 Å². The van der Waals surface area contributed by atoms with Crippen molar-refractivity contribution >= 4 is 75.1 Å². The fourth-order valence-corrected chi connectivity index (χ4v) is 9.99. The summed E-state index contributed by atoms with van der Waals surface area (Å²) in [6.45, 7) is 0. The summed E-state index contributed by atoms with van der Waals surface area (Å²) in [5, 5.41) is 7.43. The summed E-state index contributed by atoms with van der Waals surface area (Å²) in [7, 11) is 0. The second-order valence-electron chi connectivity index (χ2n) is 14.6. The molecule has 12 aromatic rings. The standard InChI is InChI=1S/C52H32N4S/c1-4-14-33(15-5-1)43-32-44(34-16-6-2-7-17-34)54-52(53-43)56-47-29-27-40-39-21-11-13-23-49(39)57-51(40)50(47)41-26-24-36(31-48(41)56)35-25-28-46-42(30-35)38-20-10-12-22-45(38)55(46)37-18-8-3-9-19-37/h1-32H.